The Balaban J connectivity index is 1.72. The smallest absolute Gasteiger partial charge is 0.251 e. The Hall–Kier alpha value is -1.77. The van der Waals surface area contributed by atoms with E-state index in [0.29, 0.717) is 17.4 Å². The van der Waals surface area contributed by atoms with Crippen molar-refractivity contribution >= 4 is 16.9 Å². The minimum absolute atomic E-state index is 0.0135. The Labute approximate surface area is 125 Å². The van der Waals surface area contributed by atoms with Crippen molar-refractivity contribution in [3.05, 3.63) is 36.1 Å². The van der Waals surface area contributed by atoms with Crippen LogP contribution in [0.4, 0.5) is 0 Å². The van der Waals surface area contributed by atoms with Crippen molar-refractivity contribution in [1.29, 1.82) is 0 Å². The lowest BCUT2D eigenvalue weighted by Crippen LogP contribution is -2.36. The highest BCUT2D eigenvalue weighted by Crippen LogP contribution is 2.27. The molecule has 1 aromatic heterocycles. The predicted molar refractivity (Wildman–Crippen MR) is 84.3 cm³/mol. The molecule has 0 saturated heterocycles. The highest BCUT2D eigenvalue weighted by molar-refractivity contribution is 5.97. The molecular weight excluding hydrogens is 262 g/mol. The topological polar surface area (TPSA) is 42.2 Å². The third-order valence-corrected chi connectivity index (χ3v) is 4.58. The zero-order valence-corrected chi connectivity index (χ0v) is 12.8. The first-order valence-corrected chi connectivity index (χ1v) is 7.90. The maximum absolute atomic E-state index is 12.5. The summed E-state index contributed by atoms with van der Waals surface area (Å²) < 4.78 is 5.37. The summed E-state index contributed by atoms with van der Waals surface area (Å²) in [5, 5.41) is 4.24. The minimum atomic E-state index is 0.0135. The molecule has 1 aliphatic carbocycles. The van der Waals surface area contributed by atoms with Gasteiger partial charge in [-0.3, -0.25) is 4.79 Å². The summed E-state index contributed by atoms with van der Waals surface area (Å²) in [6, 6.07) is 7.83. The van der Waals surface area contributed by atoms with Crippen LogP contribution in [0, 0.1) is 11.8 Å². The molecule has 1 fully saturated rings. The average molecular weight is 285 g/mol. The molecule has 1 heterocycles. The van der Waals surface area contributed by atoms with Crippen LogP contribution in [-0.4, -0.2) is 11.9 Å². The van der Waals surface area contributed by atoms with Gasteiger partial charge in [0.15, 0.2) is 0 Å². The van der Waals surface area contributed by atoms with E-state index in [9.17, 15) is 4.79 Å². The third-order valence-electron chi connectivity index (χ3n) is 4.58. The maximum atomic E-state index is 12.5. The molecule has 3 nitrogen and oxygen atoms in total. The second-order valence-electron chi connectivity index (χ2n) is 6.60. The minimum Gasteiger partial charge on any atom is -0.464 e. The number of carbonyl (C=O) groups excluding carboxylic acids is 1. The van der Waals surface area contributed by atoms with Gasteiger partial charge in [-0.1, -0.05) is 32.8 Å². The molecule has 0 aliphatic heterocycles. The van der Waals surface area contributed by atoms with Crippen molar-refractivity contribution in [2.45, 2.75) is 45.6 Å². The van der Waals surface area contributed by atoms with Crippen LogP contribution in [0.1, 0.15) is 49.9 Å². The molecule has 3 heteroatoms. The summed E-state index contributed by atoms with van der Waals surface area (Å²) >= 11 is 0. The Kier molecular flexibility index (Phi) is 4.00. The van der Waals surface area contributed by atoms with Crippen LogP contribution in [0.3, 0.4) is 0 Å². The van der Waals surface area contributed by atoms with Crippen molar-refractivity contribution in [2.24, 2.45) is 11.8 Å². The monoisotopic (exact) mass is 285 g/mol. The van der Waals surface area contributed by atoms with Gasteiger partial charge in [-0.15, -0.1) is 0 Å². The molecule has 0 radical (unpaired) electrons. The Morgan fingerprint density at radius 2 is 1.86 bits per heavy atom. The van der Waals surface area contributed by atoms with Crippen LogP contribution in [0.25, 0.3) is 11.0 Å². The van der Waals surface area contributed by atoms with Crippen LogP contribution >= 0.6 is 0 Å². The predicted octanol–water partition coefficient (Wildman–Crippen LogP) is 4.38. The lowest BCUT2D eigenvalue weighted by atomic mass is 9.99. The molecule has 21 heavy (non-hydrogen) atoms. The molecule has 1 unspecified atom stereocenters. The highest BCUT2D eigenvalue weighted by Gasteiger charge is 2.23. The number of hydrogen-bond acceptors (Lipinski definition) is 2. The van der Waals surface area contributed by atoms with E-state index < -0.39 is 0 Å². The van der Waals surface area contributed by atoms with E-state index in [1.807, 2.05) is 24.3 Å². The molecule has 3 atom stereocenters. The standard InChI is InChI=1S/C18H23NO2/c1-12-3-4-13(2)10-16(9-12)19-18(20)15-6-5-14-7-8-21-17(14)11-15/h5-8,11-13,16H,3-4,9-10H2,1-2H3,(H,19,20)/t12-,13+,16?. The van der Waals surface area contributed by atoms with E-state index in [2.05, 4.69) is 19.2 Å². The van der Waals surface area contributed by atoms with Crippen molar-refractivity contribution in [2.75, 3.05) is 0 Å². The summed E-state index contributed by atoms with van der Waals surface area (Å²) in [5.74, 6) is 1.39. The second-order valence-corrected chi connectivity index (χ2v) is 6.60. The summed E-state index contributed by atoms with van der Waals surface area (Å²) in [5.41, 5.74) is 1.45. The van der Waals surface area contributed by atoms with Gasteiger partial charge in [-0.2, -0.15) is 0 Å². The number of fused-ring (bicyclic) bond motifs is 1. The normalized spacial score (nSPS) is 26.5. The number of furan rings is 1. The average Bonchev–Trinajstić information content (AvgIpc) is 2.85. The molecule has 0 bridgehead atoms. The van der Waals surface area contributed by atoms with Gasteiger partial charge in [-0.05, 0) is 42.9 Å². The number of rotatable bonds is 2. The van der Waals surface area contributed by atoms with E-state index in [1.165, 1.54) is 12.8 Å². The van der Waals surface area contributed by atoms with E-state index in [1.54, 1.807) is 6.26 Å². The van der Waals surface area contributed by atoms with Crippen molar-refractivity contribution in [3.63, 3.8) is 0 Å². The van der Waals surface area contributed by atoms with E-state index in [0.717, 1.165) is 23.8 Å². The molecule has 1 aromatic carbocycles. The van der Waals surface area contributed by atoms with E-state index >= 15 is 0 Å². The van der Waals surface area contributed by atoms with Gasteiger partial charge in [0.25, 0.3) is 5.91 Å². The largest absolute Gasteiger partial charge is 0.464 e. The van der Waals surface area contributed by atoms with Crippen LogP contribution < -0.4 is 5.32 Å². The van der Waals surface area contributed by atoms with Crippen molar-refractivity contribution < 1.29 is 9.21 Å². The fraction of sp³-hybridized carbons (Fsp3) is 0.500. The molecular formula is C18H23NO2. The molecule has 1 N–H and O–H groups in total. The second kappa shape index (κ2) is 5.92. The first-order chi connectivity index (χ1) is 10.1. The number of amides is 1. The Morgan fingerprint density at radius 1 is 1.14 bits per heavy atom. The maximum Gasteiger partial charge on any atom is 0.251 e. The quantitative estimate of drug-likeness (QED) is 0.832. The van der Waals surface area contributed by atoms with Gasteiger partial charge < -0.3 is 9.73 Å². The molecule has 2 aromatic rings. The van der Waals surface area contributed by atoms with Crippen LogP contribution in [-0.2, 0) is 0 Å². The number of nitrogens with one attached hydrogen (secondary N) is 1. The summed E-state index contributed by atoms with van der Waals surface area (Å²) in [6.07, 6.45) is 6.36. The number of benzene rings is 1. The number of hydrogen-bond donors (Lipinski definition) is 1. The molecule has 3 rings (SSSR count). The van der Waals surface area contributed by atoms with Gasteiger partial charge in [-0.25, -0.2) is 0 Å². The Bertz CT molecular complexity index is 619. The van der Waals surface area contributed by atoms with Crippen molar-refractivity contribution in [1.82, 2.24) is 5.32 Å². The fourth-order valence-electron chi connectivity index (χ4n) is 3.35. The molecule has 1 aliphatic rings. The fourth-order valence-corrected chi connectivity index (χ4v) is 3.35. The van der Waals surface area contributed by atoms with Gasteiger partial charge >= 0.3 is 0 Å². The van der Waals surface area contributed by atoms with E-state index in [-0.39, 0.29) is 11.9 Å². The lowest BCUT2D eigenvalue weighted by molar-refractivity contribution is 0.0929. The van der Waals surface area contributed by atoms with Crippen LogP contribution in [0.2, 0.25) is 0 Å². The SMILES string of the molecule is C[C@@H]1CC[C@H](C)CC(NC(=O)c2ccc3ccoc3c2)C1. The number of carbonyl (C=O) groups is 1. The first-order valence-electron chi connectivity index (χ1n) is 7.90. The van der Waals surface area contributed by atoms with Gasteiger partial charge in [0, 0.05) is 17.0 Å². The first kappa shape index (κ1) is 14.2. The molecule has 1 saturated carbocycles. The van der Waals surface area contributed by atoms with E-state index in [4.69, 9.17) is 4.42 Å². The molecule has 112 valence electrons. The lowest BCUT2D eigenvalue weighted by Gasteiger charge is -2.20. The van der Waals surface area contributed by atoms with Crippen LogP contribution in [0.15, 0.2) is 34.9 Å². The van der Waals surface area contributed by atoms with Gasteiger partial charge in [0.05, 0.1) is 6.26 Å². The van der Waals surface area contributed by atoms with Crippen molar-refractivity contribution in [3.8, 4) is 0 Å². The third kappa shape index (κ3) is 3.29. The summed E-state index contributed by atoms with van der Waals surface area (Å²) in [4.78, 5) is 12.5. The zero-order chi connectivity index (χ0) is 14.8. The summed E-state index contributed by atoms with van der Waals surface area (Å²) in [6.45, 7) is 4.57. The zero-order valence-electron chi connectivity index (χ0n) is 12.8. The highest BCUT2D eigenvalue weighted by atomic mass is 16.3. The molecule has 0 spiro atoms. The van der Waals surface area contributed by atoms with Gasteiger partial charge in [0.1, 0.15) is 5.58 Å². The van der Waals surface area contributed by atoms with Gasteiger partial charge in [0.2, 0.25) is 0 Å². The summed E-state index contributed by atoms with van der Waals surface area (Å²) in [7, 11) is 0. The Morgan fingerprint density at radius 3 is 2.57 bits per heavy atom. The van der Waals surface area contributed by atoms with Crippen LogP contribution in [0.5, 0.6) is 0 Å². The molecule has 1 amide bonds.